The minimum Gasteiger partial charge on any atom is -0.497 e. The maximum Gasteiger partial charge on any atom is 0.265 e. The summed E-state index contributed by atoms with van der Waals surface area (Å²) in [6.45, 7) is 1.64. The van der Waals surface area contributed by atoms with E-state index in [1.807, 2.05) is 0 Å². The molecule has 0 bridgehead atoms. The SMILES string of the molecule is COc1ccc(NC(=O)C(C)Oc2ccc(C(=O)Nc3sc4c(c3C(N)=O)CCCC4)cc2)cc1. The van der Waals surface area contributed by atoms with Gasteiger partial charge in [-0.25, -0.2) is 0 Å². The number of nitrogens with one attached hydrogen (secondary N) is 2. The second-order valence-corrected chi connectivity index (χ2v) is 9.34. The Morgan fingerprint density at radius 2 is 1.60 bits per heavy atom. The highest BCUT2D eigenvalue weighted by molar-refractivity contribution is 7.17. The fourth-order valence-corrected chi connectivity index (χ4v) is 5.24. The minimum absolute atomic E-state index is 0.308. The Bertz CT molecular complexity index is 1240. The van der Waals surface area contributed by atoms with E-state index >= 15 is 0 Å². The van der Waals surface area contributed by atoms with E-state index in [9.17, 15) is 14.4 Å². The van der Waals surface area contributed by atoms with Crippen LogP contribution in [0.3, 0.4) is 0 Å². The molecule has 1 aliphatic carbocycles. The van der Waals surface area contributed by atoms with Gasteiger partial charge in [0.25, 0.3) is 17.7 Å². The lowest BCUT2D eigenvalue weighted by molar-refractivity contribution is -0.122. The van der Waals surface area contributed by atoms with Crippen LogP contribution in [0.5, 0.6) is 11.5 Å². The summed E-state index contributed by atoms with van der Waals surface area (Å²) < 4.78 is 10.8. The van der Waals surface area contributed by atoms with E-state index in [0.29, 0.717) is 33.3 Å². The van der Waals surface area contributed by atoms with Crippen LogP contribution in [0.1, 0.15) is 50.9 Å². The first kappa shape index (κ1) is 24.3. The molecule has 35 heavy (non-hydrogen) atoms. The third-order valence-electron chi connectivity index (χ3n) is 5.80. The van der Waals surface area contributed by atoms with Crippen LogP contribution < -0.4 is 25.8 Å². The van der Waals surface area contributed by atoms with E-state index in [-0.39, 0.29) is 11.8 Å². The summed E-state index contributed by atoms with van der Waals surface area (Å²) in [5, 5.41) is 6.13. The van der Waals surface area contributed by atoms with Crippen LogP contribution in [-0.4, -0.2) is 30.9 Å². The van der Waals surface area contributed by atoms with Gasteiger partial charge in [0, 0.05) is 16.1 Å². The molecule has 0 spiro atoms. The van der Waals surface area contributed by atoms with Crippen molar-refractivity contribution in [2.24, 2.45) is 5.73 Å². The number of benzene rings is 2. The van der Waals surface area contributed by atoms with E-state index < -0.39 is 12.0 Å². The molecular formula is C26H27N3O5S. The summed E-state index contributed by atoms with van der Waals surface area (Å²) in [4.78, 5) is 38.4. The predicted octanol–water partition coefficient (Wildman–Crippen LogP) is 4.39. The number of ether oxygens (including phenoxy) is 2. The first-order chi connectivity index (χ1) is 16.9. The van der Waals surface area contributed by atoms with Crippen LogP contribution >= 0.6 is 11.3 Å². The molecule has 0 radical (unpaired) electrons. The van der Waals surface area contributed by atoms with E-state index in [1.165, 1.54) is 11.3 Å². The van der Waals surface area contributed by atoms with Crippen LogP contribution in [0.2, 0.25) is 0 Å². The highest BCUT2D eigenvalue weighted by Gasteiger charge is 2.25. The second-order valence-electron chi connectivity index (χ2n) is 8.24. The zero-order valence-corrected chi connectivity index (χ0v) is 20.4. The van der Waals surface area contributed by atoms with Crippen molar-refractivity contribution >= 4 is 39.7 Å². The number of carbonyl (C=O) groups excluding carboxylic acids is 3. The molecule has 182 valence electrons. The van der Waals surface area contributed by atoms with Gasteiger partial charge >= 0.3 is 0 Å². The molecule has 1 heterocycles. The van der Waals surface area contributed by atoms with E-state index in [0.717, 1.165) is 36.1 Å². The van der Waals surface area contributed by atoms with Gasteiger partial charge in [-0.15, -0.1) is 11.3 Å². The lowest BCUT2D eigenvalue weighted by Crippen LogP contribution is -2.30. The fourth-order valence-electron chi connectivity index (χ4n) is 3.95. The summed E-state index contributed by atoms with van der Waals surface area (Å²) in [6.07, 6.45) is 3.02. The fraction of sp³-hybridized carbons (Fsp3) is 0.269. The molecule has 4 rings (SSSR count). The molecule has 3 aromatic rings. The summed E-state index contributed by atoms with van der Waals surface area (Å²) in [6, 6.07) is 13.5. The van der Waals surface area contributed by atoms with Gasteiger partial charge in [0.05, 0.1) is 12.7 Å². The first-order valence-electron chi connectivity index (χ1n) is 11.3. The highest BCUT2D eigenvalue weighted by atomic mass is 32.1. The molecule has 0 saturated heterocycles. The molecule has 1 aliphatic rings. The van der Waals surface area contributed by atoms with E-state index in [4.69, 9.17) is 15.2 Å². The number of hydrogen-bond acceptors (Lipinski definition) is 6. The molecule has 8 nitrogen and oxygen atoms in total. The van der Waals surface area contributed by atoms with Gasteiger partial charge in [0.15, 0.2) is 6.10 Å². The number of carbonyl (C=O) groups is 3. The molecule has 2 aromatic carbocycles. The van der Waals surface area contributed by atoms with Gasteiger partial charge in [0.2, 0.25) is 0 Å². The number of aryl methyl sites for hydroxylation is 1. The number of anilines is 2. The predicted molar refractivity (Wildman–Crippen MR) is 136 cm³/mol. The van der Waals surface area contributed by atoms with Gasteiger partial charge in [0.1, 0.15) is 16.5 Å². The van der Waals surface area contributed by atoms with E-state index in [2.05, 4.69) is 10.6 Å². The summed E-state index contributed by atoms with van der Waals surface area (Å²) in [5.74, 6) is -0.0322. The molecule has 1 atom stereocenters. The van der Waals surface area contributed by atoms with Crippen LogP contribution in [0.25, 0.3) is 0 Å². The van der Waals surface area contributed by atoms with Gasteiger partial charge in [-0.2, -0.15) is 0 Å². The maximum absolute atomic E-state index is 12.8. The van der Waals surface area contributed by atoms with Gasteiger partial charge in [-0.05, 0) is 86.7 Å². The number of hydrogen-bond donors (Lipinski definition) is 3. The lowest BCUT2D eigenvalue weighted by Gasteiger charge is -2.15. The number of fused-ring (bicyclic) bond motifs is 1. The third-order valence-corrected chi connectivity index (χ3v) is 7.01. The topological polar surface area (TPSA) is 120 Å². The Balaban J connectivity index is 1.38. The minimum atomic E-state index is -0.757. The van der Waals surface area contributed by atoms with Crippen molar-refractivity contribution < 1.29 is 23.9 Å². The number of rotatable bonds is 8. The Hall–Kier alpha value is -3.85. The highest BCUT2D eigenvalue weighted by Crippen LogP contribution is 2.38. The summed E-state index contributed by atoms with van der Waals surface area (Å²) >= 11 is 1.42. The zero-order chi connectivity index (χ0) is 24.9. The molecule has 0 aliphatic heterocycles. The molecule has 0 fully saturated rings. The molecule has 1 unspecified atom stereocenters. The van der Waals surface area contributed by atoms with Crippen LogP contribution in [0, 0.1) is 0 Å². The number of amides is 3. The average Bonchev–Trinajstić information content (AvgIpc) is 3.23. The van der Waals surface area contributed by atoms with Crippen molar-refractivity contribution in [3.63, 3.8) is 0 Å². The summed E-state index contributed by atoms with van der Waals surface area (Å²) in [7, 11) is 1.57. The Morgan fingerprint density at radius 3 is 2.26 bits per heavy atom. The van der Waals surface area contributed by atoms with Gasteiger partial charge < -0.3 is 25.8 Å². The van der Waals surface area contributed by atoms with Crippen LogP contribution in [0.15, 0.2) is 48.5 Å². The average molecular weight is 494 g/mol. The molecule has 3 amide bonds. The maximum atomic E-state index is 12.8. The number of thiophene rings is 1. The lowest BCUT2D eigenvalue weighted by atomic mass is 9.95. The molecule has 0 saturated carbocycles. The largest absolute Gasteiger partial charge is 0.497 e. The van der Waals surface area contributed by atoms with Gasteiger partial charge in [-0.1, -0.05) is 0 Å². The Labute approximate surface area is 207 Å². The molecule has 9 heteroatoms. The van der Waals surface area contributed by atoms with Crippen LogP contribution in [-0.2, 0) is 17.6 Å². The monoisotopic (exact) mass is 493 g/mol. The number of methoxy groups -OCH3 is 1. The molecular weight excluding hydrogens is 466 g/mol. The Morgan fingerprint density at radius 1 is 0.943 bits per heavy atom. The second kappa shape index (κ2) is 10.6. The van der Waals surface area contributed by atoms with Crippen LogP contribution in [0.4, 0.5) is 10.7 Å². The number of primary amides is 1. The van der Waals surface area contributed by atoms with Crippen molar-refractivity contribution in [2.45, 2.75) is 38.7 Å². The third kappa shape index (κ3) is 5.63. The normalized spacial score (nSPS) is 13.3. The Kier molecular flexibility index (Phi) is 7.36. The van der Waals surface area contributed by atoms with Crippen molar-refractivity contribution in [1.82, 2.24) is 0 Å². The van der Waals surface area contributed by atoms with Gasteiger partial charge in [-0.3, -0.25) is 14.4 Å². The smallest absolute Gasteiger partial charge is 0.265 e. The molecule has 4 N–H and O–H groups in total. The quantitative estimate of drug-likeness (QED) is 0.430. The van der Waals surface area contributed by atoms with E-state index in [1.54, 1.807) is 62.6 Å². The standard InChI is InChI=1S/C26H27N3O5S/c1-15(24(31)28-17-9-13-18(33-2)14-10-17)34-19-11-7-16(8-12-19)25(32)29-26-22(23(27)30)20-5-3-4-6-21(20)35-26/h7-15H,3-6H2,1-2H3,(H2,27,30)(H,28,31)(H,29,32). The van der Waals surface area contributed by atoms with Crippen molar-refractivity contribution in [2.75, 3.05) is 17.7 Å². The first-order valence-corrected chi connectivity index (χ1v) is 12.1. The number of nitrogens with two attached hydrogens (primary N) is 1. The van der Waals surface area contributed by atoms with Crippen molar-refractivity contribution in [1.29, 1.82) is 0 Å². The molecule has 1 aromatic heterocycles. The van der Waals surface area contributed by atoms with Crippen molar-refractivity contribution in [3.8, 4) is 11.5 Å². The van der Waals surface area contributed by atoms with Crippen molar-refractivity contribution in [3.05, 3.63) is 70.1 Å². The zero-order valence-electron chi connectivity index (χ0n) is 19.6. The summed E-state index contributed by atoms with van der Waals surface area (Å²) in [5.41, 5.74) is 8.03.